The number of benzodiazepines with no additional fused rings is 1. The number of benzene rings is 1. The summed E-state index contributed by atoms with van der Waals surface area (Å²) in [5, 5.41) is 13.4. The number of esters is 1. The Morgan fingerprint density at radius 3 is 2.90 bits per heavy atom. The number of rotatable bonds is 6. The van der Waals surface area contributed by atoms with Gasteiger partial charge in [0.05, 0.1) is 31.2 Å². The van der Waals surface area contributed by atoms with Crippen LogP contribution in [-0.2, 0) is 9.53 Å². The maximum Gasteiger partial charge on any atom is 0.305 e. The van der Waals surface area contributed by atoms with Gasteiger partial charge in [0, 0.05) is 28.9 Å². The number of pyridine rings is 1. The molecule has 8 heteroatoms. The molecule has 1 aliphatic heterocycles. The molecule has 0 amide bonds. The highest BCUT2D eigenvalue weighted by Crippen LogP contribution is 2.28. The summed E-state index contributed by atoms with van der Waals surface area (Å²) in [4.78, 5) is 25.7. The quantitative estimate of drug-likeness (QED) is 0.708. The number of nitrogens with zero attached hydrogens (tertiary/aromatic N) is 3. The molecule has 152 valence electrons. The molecule has 1 unspecified atom stereocenters. The fourth-order valence-electron chi connectivity index (χ4n) is 2.99. The first-order valence-corrected chi connectivity index (χ1v) is 9.71. The third-order valence-electron chi connectivity index (χ3n) is 4.48. The lowest BCUT2D eigenvalue weighted by molar-refractivity contribution is -0.140. The van der Waals surface area contributed by atoms with Gasteiger partial charge in [-0.2, -0.15) is 0 Å². The lowest BCUT2D eigenvalue weighted by Gasteiger charge is -2.17. The molecule has 0 aliphatic carbocycles. The fraction of sp³-hybridized carbons (Fsp3) is 0.333. The number of fused-ring (bicyclic) bond motifs is 1. The van der Waals surface area contributed by atoms with Gasteiger partial charge < -0.3 is 15.2 Å². The predicted molar refractivity (Wildman–Crippen MR) is 114 cm³/mol. The van der Waals surface area contributed by atoms with Gasteiger partial charge in [0.1, 0.15) is 11.9 Å². The van der Waals surface area contributed by atoms with Crippen LogP contribution in [0.3, 0.4) is 0 Å². The predicted octanol–water partition coefficient (Wildman–Crippen LogP) is 3.10. The van der Waals surface area contributed by atoms with Crippen molar-refractivity contribution in [3.05, 3.63) is 58.9 Å². The van der Waals surface area contributed by atoms with Crippen molar-refractivity contribution < 1.29 is 14.6 Å². The molecule has 0 radical (unpaired) electrons. The number of hydrogen-bond donors (Lipinski definition) is 2. The number of methoxy groups -OCH3 is 1. The second-order valence-electron chi connectivity index (χ2n) is 6.68. The lowest BCUT2D eigenvalue weighted by Crippen LogP contribution is -2.29. The van der Waals surface area contributed by atoms with Gasteiger partial charge >= 0.3 is 5.97 Å². The number of amidine groups is 1. The van der Waals surface area contributed by atoms with Crippen LogP contribution in [0, 0.1) is 0 Å². The topological polar surface area (TPSA) is 96.2 Å². The number of aromatic nitrogens is 1. The highest BCUT2D eigenvalue weighted by Gasteiger charge is 2.26. The first kappa shape index (κ1) is 21.0. The van der Waals surface area contributed by atoms with E-state index in [1.54, 1.807) is 12.3 Å². The van der Waals surface area contributed by atoms with E-state index in [1.807, 2.05) is 37.3 Å². The van der Waals surface area contributed by atoms with Crippen LogP contribution in [0.1, 0.15) is 31.0 Å². The number of hydrogen-bond acceptors (Lipinski definition) is 6. The van der Waals surface area contributed by atoms with E-state index in [1.165, 1.54) is 7.11 Å². The number of carbonyl (C=O) groups is 1. The van der Waals surface area contributed by atoms with Crippen molar-refractivity contribution in [2.24, 2.45) is 9.98 Å². The molecule has 1 aromatic carbocycles. The van der Waals surface area contributed by atoms with Gasteiger partial charge in [-0.05, 0) is 43.7 Å². The minimum Gasteiger partial charge on any atom is -0.469 e. The summed E-state index contributed by atoms with van der Waals surface area (Å²) < 4.78 is 4.78. The number of aliphatic hydroxyl groups is 1. The first-order valence-electron chi connectivity index (χ1n) is 9.33. The SMILES string of the molecule is COC(=O)CC[C@@H]1N=C(c2ccccn2)c2cc(Cl)ccc2NC1=NC(C)CO. The fourth-order valence-corrected chi connectivity index (χ4v) is 3.16. The van der Waals surface area contributed by atoms with Gasteiger partial charge in [-0.1, -0.05) is 17.7 Å². The van der Waals surface area contributed by atoms with E-state index in [9.17, 15) is 9.90 Å². The van der Waals surface area contributed by atoms with Crippen molar-refractivity contribution in [3.63, 3.8) is 0 Å². The van der Waals surface area contributed by atoms with E-state index < -0.39 is 6.04 Å². The van der Waals surface area contributed by atoms with Crippen LogP contribution in [0.5, 0.6) is 0 Å². The van der Waals surface area contributed by atoms with Crippen LogP contribution >= 0.6 is 11.6 Å². The normalized spacial score (nSPS) is 18.3. The van der Waals surface area contributed by atoms with Gasteiger partial charge in [0.15, 0.2) is 0 Å². The van der Waals surface area contributed by atoms with Crippen molar-refractivity contribution in [1.29, 1.82) is 0 Å². The monoisotopic (exact) mass is 414 g/mol. The van der Waals surface area contributed by atoms with Gasteiger partial charge in [-0.15, -0.1) is 0 Å². The number of nitrogens with one attached hydrogen (secondary N) is 1. The Labute approximate surface area is 174 Å². The number of anilines is 1. The van der Waals surface area contributed by atoms with Gasteiger partial charge in [-0.25, -0.2) is 0 Å². The molecule has 1 aliphatic rings. The number of aliphatic hydroxyl groups excluding tert-OH is 1. The molecule has 0 fully saturated rings. The molecule has 2 N–H and O–H groups in total. The largest absolute Gasteiger partial charge is 0.469 e. The van der Waals surface area contributed by atoms with Crippen molar-refractivity contribution in [2.75, 3.05) is 19.0 Å². The smallest absolute Gasteiger partial charge is 0.305 e. The summed E-state index contributed by atoms with van der Waals surface area (Å²) in [6.45, 7) is 1.71. The second kappa shape index (κ2) is 9.62. The van der Waals surface area contributed by atoms with Crippen LogP contribution in [0.2, 0.25) is 5.02 Å². The summed E-state index contributed by atoms with van der Waals surface area (Å²) in [5.74, 6) is 0.254. The zero-order chi connectivity index (χ0) is 20.8. The molecule has 0 spiro atoms. The summed E-state index contributed by atoms with van der Waals surface area (Å²) in [6.07, 6.45) is 2.28. The average Bonchev–Trinajstić information content (AvgIpc) is 2.89. The number of halogens is 1. The molecule has 0 saturated carbocycles. The third-order valence-corrected chi connectivity index (χ3v) is 4.72. The number of aliphatic imine (C=N–C) groups is 2. The van der Waals surface area contributed by atoms with Gasteiger partial charge in [0.2, 0.25) is 0 Å². The average molecular weight is 415 g/mol. The zero-order valence-corrected chi connectivity index (χ0v) is 17.1. The van der Waals surface area contributed by atoms with Crippen LogP contribution < -0.4 is 5.32 Å². The molecule has 2 heterocycles. The van der Waals surface area contributed by atoms with Crippen molar-refractivity contribution >= 4 is 34.8 Å². The molecule has 0 saturated heterocycles. The summed E-state index contributed by atoms with van der Waals surface area (Å²) in [6, 6.07) is 10.3. The van der Waals surface area contributed by atoms with Crippen LogP contribution in [-0.4, -0.2) is 53.4 Å². The first-order chi connectivity index (χ1) is 14.0. The molecule has 1 aromatic heterocycles. The minimum absolute atomic E-state index is 0.0980. The lowest BCUT2D eigenvalue weighted by atomic mass is 10.0. The maximum absolute atomic E-state index is 11.7. The van der Waals surface area contributed by atoms with Crippen LogP contribution in [0.4, 0.5) is 5.69 Å². The van der Waals surface area contributed by atoms with Gasteiger partial charge in [0.25, 0.3) is 0 Å². The zero-order valence-electron chi connectivity index (χ0n) is 16.3. The Hall–Kier alpha value is -2.77. The molecule has 3 rings (SSSR count). The minimum atomic E-state index is -0.439. The Morgan fingerprint density at radius 1 is 1.38 bits per heavy atom. The maximum atomic E-state index is 11.7. The molecular formula is C21H23ClN4O3. The highest BCUT2D eigenvalue weighted by atomic mass is 35.5. The third kappa shape index (κ3) is 5.19. The molecular weight excluding hydrogens is 392 g/mol. The Morgan fingerprint density at radius 2 is 2.21 bits per heavy atom. The van der Waals surface area contributed by atoms with Crippen molar-refractivity contribution in [1.82, 2.24) is 4.98 Å². The van der Waals surface area contributed by atoms with Crippen LogP contribution in [0.15, 0.2) is 52.6 Å². The standard InChI is InChI=1S/C21H23ClN4O3/c1-13(12-27)24-21-18(8-9-19(28)29-2)25-20(17-5-3-4-10-23-17)15-11-14(22)6-7-16(15)26-21/h3-7,10-11,13,18,27H,8-9,12H2,1-2H3,(H,24,26)/t13?,18-/m0/s1. The second-order valence-corrected chi connectivity index (χ2v) is 7.12. The van der Waals surface area contributed by atoms with E-state index >= 15 is 0 Å². The highest BCUT2D eigenvalue weighted by molar-refractivity contribution is 6.32. The Kier molecular flexibility index (Phi) is 6.95. The van der Waals surface area contributed by atoms with Gasteiger partial charge in [-0.3, -0.25) is 19.8 Å². The Balaban J connectivity index is 2.13. The van der Waals surface area contributed by atoms with E-state index in [0.29, 0.717) is 28.7 Å². The van der Waals surface area contributed by atoms with Crippen molar-refractivity contribution in [2.45, 2.75) is 31.8 Å². The molecule has 2 aromatic rings. The summed E-state index contributed by atoms with van der Waals surface area (Å²) >= 11 is 6.26. The summed E-state index contributed by atoms with van der Waals surface area (Å²) in [5.41, 5.74) is 2.93. The number of ether oxygens (including phenoxy) is 1. The molecule has 2 atom stereocenters. The molecule has 0 bridgehead atoms. The molecule has 29 heavy (non-hydrogen) atoms. The van der Waals surface area contributed by atoms with E-state index in [4.69, 9.17) is 21.3 Å². The van der Waals surface area contributed by atoms with E-state index in [2.05, 4.69) is 15.3 Å². The van der Waals surface area contributed by atoms with Crippen LogP contribution in [0.25, 0.3) is 0 Å². The Bertz CT molecular complexity index is 931. The number of carbonyl (C=O) groups excluding carboxylic acids is 1. The van der Waals surface area contributed by atoms with E-state index in [-0.39, 0.29) is 25.0 Å². The molecule has 7 nitrogen and oxygen atoms in total. The van der Waals surface area contributed by atoms with Crippen molar-refractivity contribution in [3.8, 4) is 0 Å². The summed E-state index contributed by atoms with van der Waals surface area (Å²) in [7, 11) is 1.36. The van der Waals surface area contributed by atoms with E-state index in [0.717, 1.165) is 11.3 Å².